The third-order valence-corrected chi connectivity index (χ3v) is 3.44. The highest BCUT2D eigenvalue weighted by Gasteiger charge is 2.17. The quantitative estimate of drug-likeness (QED) is 0.932. The summed E-state index contributed by atoms with van der Waals surface area (Å²) in [5, 5.41) is 13.5. The van der Waals surface area contributed by atoms with E-state index in [0.717, 1.165) is 4.88 Å². The maximum absolute atomic E-state index is 13.6. The highest BCUT2D eigenvalue weighted by molar-refractivity contribution is 7.10. The van der Waals surface area contributed by atoms with Crippen molar-refractivity contribution in [3.05, 3.63) is 58.0 Å². The van der Waals surface area contributed by atoms with Gasteiger partial charge in [-0.05, 0) is 17.5 Å². The Morgan fingerprint density at radius 3 is 2.79 bits per heavy atom. The van der Waals surface area contributed by atoms with Gasteiger partial charge in [-0.3, -0.25) is 4.79 Å². The van der Waals surface area contributed by atoms with Gasteiger partial charge in [-0.2, -0.15) is 5.26 Å². The van der Waals surface area contributed by atoms with Crippen molar-refractivity contribution in [3.63, 3.8) is 0 Å². The van der Waals surface area contributed by atoms with Crippen LogP contribution in [0.1, 0.15) is 16.5 Å². The summed E-state index contributed by atoms with van der Waals surface area (Å²) in [6.45, 7) is 0. The maximum Gasteiger partial charge on any atom is 0.226 e. The highest BCUT2D eigenvalue weighted by Crippen LogP contribution is 2.16. The minimum absolute atomic E-state index is 0.185. The lowest BCUT2D eigenvalue weighted by Crippen LogP contribution is -2.29. The molecule has 0 spiro atoms. The van der Waals surface area contributed by atoms with Crippen LogP contribution < -0.4 is 5.32 Å². The molecule has 0 bridgehead atoms. The number of thiophene rings is 1. The number of amides is 1. The first-order chi connectivity index (χ1) is 9.20. The van der Waals surface area contributed by atoms with Gasteiger partial charge in [-0.15, -0.1) is 11.3 Å². The topological polar surface area (TPSA) is 52.9 Å². The van der Waals surface area contributed by atoms with Crippen LogP contribution in [-0.4, -0.2) is 5.91 Å². The largest absolute Gasteiger partial charge is 0.336 e. The molecular weight excluding hydrogens is 263 g/mol. The zero-order valence-corrected chi connectivity index (χ0v) is 10.8. The highest BCUT2D eigenvalue weighted by atomic mass is 32.1. The van der Waals surface area contributed by atoms with Crippen molar-refractivity contribution < 1.29 is 9.18 Å². The van der Waals surface area contributed by atoms with Crippen LogP contribution in [0.15, 0.2) is 41.8 Å². The average Bonchev–Trinajstić information content (AvgIpc) is 2.89. The number of carbonyl (C=O) groups excluding carboxylic acids is 1. The van der Waals surface area contributed by atoms with E-state index in [2.05, 4.69) is 5.32 Å². The SMILES string of the molecule is N#CC(NC(=O)Cc1cccs1)c1ccccc1F. The van der Waals surface area contributed by atoms with E-state index in [1.807, 2.05) is 23.6 Å². The van der Waals surface area contributed by atoms with Gasteiger partial charge in [0.15, 0.2) is 0 Å². The van der Waals surface area contributed by atoms with Crippen molar-refractivity contribution in [1.29, 1.82) is 5.26 Å². The minimum atomic E-state index is -0.964. The molecule has 0 saturated carbocycles. The number of benzene rings is 1. The summed E-state index contributed by atoms with van der Waals surface area (Å²) in [5.41, 5.74) is 0.185. The van der Waals surface area contributed by atoms with Crippen LogP contribution in [-0.2, 0) is 11.2 Å². The monoisotopic (exact) mass is 274 g/mol. The molecule has 5 heteroatoms. The van der Waals surface area contributed by atoms with E-state index < -0.39 is 11.9 Å². The second-order valence-electron chi connectivity index (χ2n) is 3.91. The van der Waals surface area contributed by atoms with E-state index in [1.54, 1.807) is 12.1 Å². The molecule has 2 aromatic rings. The standard InChI is InChI=1S/C14H11FN2OS/c15-12-6-2-1-5-11(12)13(9-16)17-14(18)8-10-4-3-7-19-10/h1-7,13H,8H2,(H,17,18). The molecule has 1 amide bonds. The summed E-state index contributed by atoms with van der Waals surface area (Å²) < 4.78 is 13.6. The number of nitrogens with one attached hydrogen (secondary N) is 1. The van der Waals surface area contributed by atoms with E-state index in [4.69, 9.17) is 5.26 Å². The predicted octanol–water partition coefficient (Wildman–Crippen LogP) is 2.81. The van der Waals surface area contributed by atoms with Crippen molar-refractivity contribution in [2.75, 3.05) is 0 Å². The van der Waals surface area contributed by atoms with E-state index >= 15 is 0 Å². The predicted molar refractivity (Wildman–Crippen MR) is 70.9 cm³/mol. The Morgan fingerprint density at radius 1 is 1.37 bits per heavy atom. The molecular formula is C14H11FN2OS. The van der Waals surface area contributed by atoms with E-state index in [0.29, 0.717) is 0 Å². The zero-order chi connectivity index (χ0) is 13.7. The molecule has 0 fully saturated rings. The number of rotatable bonds is 4. The Kier molecular flexibility index (Phi) is 4.26. The molecule has 1 N–H and O–H groups in total. The smallest absolute Gasteiger partial charge is 0.226 e. The fourth-order valence-corrected chi connectivity index (χ4v) is 2.38. The van der Waals surface area contributed by atoms with Gasteiger partial charge in [0, 0.05) is 10.4 Å². The van der Waals surface area contributed by atoms with Crippen molar-refractivity contribution in [2.45, 2.75) is 12.5 Å². The normalized spacial score (nSPS) is 11.6. The summed E-state index contributed by atoms with van der Waals surface area (Å²) in [4.78, 5) is 12.7. The molecule has 0 aliphatic rings. The van der Waals surface area contributed by atoms with Crippen molar-refractivity contribution >= 4 is 17.2 Å². The molecule has 1 unspecified atom stereocenters. The van der Waals surface area contributed by atoms with Crippen LogP contribution in [0.25, 0.3) is 0 Å². The molecule has 0 radical (unpaired) electrons. The lowest BCUT2D eigenvalue weighted by atomic mass is 10.1. The van der Waals surface area contributed by atoms with Crippen LogP contribution in [0.3, 0.4) is 0 Å². The molecule has 3 nitrogen and oxygen atoms in total. The molecule has 1 aromatic carbocycles. The van der Waals surface area contributed by atoms with Crippen molar-refractivity contribution in [2.24, 2.45) is 0 Å². The fraction of sp³-hybridized carbons (Fsp3) is 0.143. The van der Waals surface area contributed by atoms with Gasteiger partial charge in [0.1, 0.15) is 11.9 Å². The second kappa shape index (κ2) is 6.12. The first kappa shape index (κ1) is 13.2. The van der Waals surface area contributed by atoms with Crippen LogP contribution in [0.5, 0.6) is 0 Å². The number of nitrogens with zero attached hydrogens (tertiary/aromatic N) is 1. The van der Waals surface area contributed by atoms with E-state index in [9.17, 15) is 9.18 Å². The number of carbonyl (C=O) groups is 1. The van der Waals surface area contributed by atoms with Crippen LogP contribution in [0, 0.1) is 17.1 Å². The van der Waals surface area contributed by atoms with E-state index in [1.165, 1.54) is 23.5 Å². The molecule has 0 aliphatic heterocycles. The Morgan fingerprint density at radius 2 is 2.16 bits per heavy atom. The Balaban J connectivity index is 2.06. The van der Waals surface area contributed by atoms with E-state index in [-0.39, 0.29) is 17.9 Å². The Labute approximate surface area is 114 Å². The van der Waals surface area contributed by atoms with Crippen molar-refractivity contribution in [3.8, 4) is 6.07 Å². The summed E-state index contributed by atoms with van der Waals surface area (Å²) in [6.07, 6.45) is 0.199. The first-order valence-electron chi connectivity index (χ1n) is 5.66. The van der Waals surface area contributed by atoms with Gasteiger partial charge in [0.2, 0.25) is 5.91 Å². The second-order valence-corrected chi connectivity index (χ2v) is 4.94. The molecule has 19 heavy (non-hydrogen) atoms. The minimum Gasteiger partial charge on any atom is -0.336 e. The molecule has 2 rings (SSSR count). The average molecular weight is 274 g/mol. The number of halogens is 1. The van der Waals surface area contributed by atoms with Crippen LogP contribution >= 0.6 is 11.3 Å². The summed E-state index contributed by atoms with van der Waals surface area (Å²) in [6, 6.07) is 10.6. The maximum atomic E-state index is 13.6. The van der Waals surface area contributed by atoms with Gasteiger partial charge < -0.3 is 5.32 Å². The number of hydrogen-bond donors (Lipinski definition) is 1. The third kappa shape index (κ3) is 3.39. The summed E-state index contributed by atoms with van der Waals surface area (Å²) in [7, 11) is 0. The fourth-order valence-electron chi connectivity index (χ4n) is 1.67. The molecule has 1 atom stereocenters. The number of nitriles is 1. The number of hydrogen-bond acceptors (Lipinski definition) is 3. The molecule has 0 aliphatic carbocycles. The van der Waals surface area contributed by atoms with Gasteiger partial charge in [-0.25, -0.2) is 4.39 Å². The van der Waals surface area contributed by atoms with Gasteiger partial charge >= 0.3 is 0 Å². The van der Waals surface area contributed by atoms with Crippen LogP contribution in [0.4, 0.5) is 4.39 Å². The first-order valence-corrected chi connectivity index (χ1v) is 6.54. The lowest BCUT2D eigenvalue weighted by molar-refractivity contribution is -0.120. The Bertz CT molecular complexity index is 604. The lowest BCUT2D eigenvalue weighted by Gasteiger charge is -2.12. The van der Waals surface area contributed by atoms with Gasteiger partial charge in [0.05, 0.1) is 12.5 Å². The molecule has 1 aromatic heterocycles. The van der Waals surface area contributed by atoms with Crippen LogP contribution in [0.2, 0.25) is 0 Å². The molecule has 1 heterocycles. The summed E-state index contributed by atoms with van der Waals surface area (Å²) >= 11 is 1.47. The third-order valence-electron chi connectivity index (χ3n) is 2.57. The summed E-state index contributed by atoms with van der Waals surface area (Å²) in [5.74, 6) is -0.789. The molecule has 96 valence electrons. The van der Waals surface area contributed by atoms with Gasteiger partial charge in [0.25, 0.3) is 0 Å². The zero-order valence-electron chi connectivity index (χ0n) is 9.97. The Hall–Kier alpha value is -2.19. The van der Waals surface area contributed by atoms with Gasteiger partial charge in [-0.1, -0.05) is 24.3 Å². The van der Waals surface area contributed by atoms with Crippen molar-refractivity contribution in [1.82, 2.24) is 5.32 Å². The molecule has 0 saturated heterocycles.